The Morgan fingerprint density at radius 3 is 2.67 bits per heavy atom. The summed E-state index contributed by atoms with van der Waals surface area (Å²) in [6.45, 7) is 0. The maximum absolute atomic E-state index is 11.2. The summed E-state index contributed by atoms with van der Waals surface area (Å²) in [6, 6.07) is 10.1. The van der Waals surface area contributed by atoms with Gasteiger partial charge < -0.3 is 14.6 Å². The molecule has 27 heavy (non-hydrogen) atoms. The van der Waals surface area contributed by atoms with E-state index in [2.05, 4.69) is 11.1 Å². The smallest absolute Gasteiger partial charge is 0.335 e. The van der Waals surface area contributed by atoms with Gasteiger partial charge in [-0.25, -0.2) is 4.79 Å². The van der Waals surface area contributed by atoms with Crippen molar-refractivity contribution in [2.24, 2.45) is 0 Å². The van der Waals surface area contributed by atoms with Gasteiger partial charge in [-0.2, -0.15) is 5.26 Å². The van der Waals surface area contributed by atoms with Crippen LogP contribution in [0.15, 0.2) is 36.5 Å². The summed E-state index contributed by atoms with van der Waals surface area (Å²) in [7, 11) is 1.56. The Labute approximate surface area is 157 Å². The number of aromatic carboxylic acids is 1. The molecule has 1 aliphatic carbocycles. The summed E-state index contributed by atoms with van der Waals surface area (Å²) in [6.07, 6.45) is 7.69. The molecule has 0 atom stereocenters. The lowest BCUT2D eigenvalue weighted by Gasteiger charge is -2.16. The first-order valence-electron chi connectivity index (χ1n) is 8.77. The Balaban J connectivity index is 1.93. The molecule has 0 amide bonds. The third-order valence-electron chi connectivity index (χ3n) is 4.50. The van der Waals surface area contributed by atoms with E-state index in [4.69, 9.17) is 14.6 Å². The minimum Gasteiger partial charge on any atom is -0.491 e. The fraction of sp³-hybridized carbons (Fsp3) is 0.286. The molecule has 1 aromatic heterocycles. The zero-order valence-electron chi connectivity index (χ0n) is 15.0. The van der Waals surface area contributed by atoms with Crippen LogP contribution in [0.1, 0.15) is 47.3 Å². The van der Waals surface area contributed by atoms with Crippen LogP contribution in [0.2, 0.25) is 0 Å². The van der Waals surface area contributed by atoms with Gasteiger partial charge in [0.1, 0.15) is 0 Å². The molecule has 0 unspecified atom stereocenters. The molecule has 1 heterocycles. The van der Waals surface area contributed by atoms with Crippen molar-refractivity contribution in [3.63, 3.8) is 0 Å². The number of methoxy groups -OCH3 is 1. The fourth-order valence-electron chi connectivity index (χ4n) is 3.10. The van der Waals surface area contributed by atoms with Crippen molar-refractivity contribution < 1.29 is 19.4 Å². The lowest BCUT2D eigenvalue weighted by atomic mass is 10.0. The van der Waals surface area contributed by atoms with E-state index in [1.54, 1.807) is 37.6 Å². The van der Waals surface area contributed by atoms with Crippen LogP contribution in [0.3, 0.4) is 0 Å². The summed E-state index contributed by atoms with van der Waals surface area (Å²) in [5.74, 6) is 0.108. The number of nitriles is 1. The van der Waals surface area contributed by atoms with Gasteiger partial charge in [0, 0.05) is 6.07 Å². The van der Waals surface area contributed by atoms with Gasteiger partial charge in [-0.3, -0.25) is 4.98 Å². The average molecular weight is 364 g/mol. The standard InChI is InChI=1S/C21H20N2O4/c1-26-20-13-23-17(11-19(20)27-18-7-2-3-8-18)10-16(12-22)14-5-4-6-15(9-14)21(24)25/h4-6,9-11,13,18H,2-3,7-8H2,1H3,(H,24,25)/b16-10+. The highest BCUT2D eigenvalue weighted by atomic mass is 16.5. The van der Waals surface area contributed by atoms with Crippen LogP contribution in [0.25, 0.3) is 11.6 Å². The molecular formula is C21H20N2O4. The molecular weight excluding hydrogens is 344 g/mol. The molecule has 6 nitrogen and oxygen atoms in total. The van der Waals surface area contributed by atoms with Crippen LogP contribution in [0, 0.1) is 11.3 Å². The SMILES string of the molecule is COc1cnc(/C=C(\C#N)c2cccc(C(=O)O)c2)cc1OC1CCCC1. The zero-order valence-corrected chi connectivity index (χ0v) is 15.0. The largest absolute Gasteiger partial charge is 0.491 e. The first kappa shape index (κ1) is 18.5. The Bertz CT molecular complexity index is 909. The first-order valence-corrected chi connectivity index (χ1v) is 8.77. The topological polar surface area (TPSA) is 92.4 Å². The van der Waals surface area contributed by atoms with Crippen LogP contribution >= 0.6 is 0 Å². The fourth-order valence-corrected chi connectivity index (χ4v) is 3.10. The molecule has 1 N–H and O–H groups in total. The highest BCUT2D eigenvalue weighted by Crippen LogP contribution is 2.32. The third-order valence-corrected chi connectivity index (χ3v) is 4.50. The van der Waals surface area contributed by atoms with Crippen molar-refractivity contribution >= 4 is 17.6 Å². The zero-order chi connectivity index (χ0) is 19.2. The Morgan fingerprint density at radius 1 is 1.26 bits per heavy atom. The van der Waals surface area contributed by atoms with E-state index in [1.807, 2.05) is 0 Å². The van der Waals surface area contributed by atoms with Gasteiger partial charge in [-0.15, -0.1) is 0 Å². The molecule has 2 aromatic rings. The molecule has 3 rings (SSSR count). The van der Waals surface area contributed by atoms with E-state index in [-0.39, 0.29) is 11.7 Å². The van der Waals surface area contributed by atoms with E-state index in [0.717, 1.165) is 25.7 Å². The number of carbonyl (C=O) groups is 1. The quantitative estimate of drug-likeness (QED) is 0.773. The molecule has 138 valence electrons. The summed E-state index contributed by atoms with van der Waals surface area (Å²) < 4.78 is 11.4. The molecule has 1 aromatic carbocycles. The Hall–Kier alpha value is -3.33. The molecule has 0 saturated heterocycles. The molecule has 6 heteroatoms. The van der Waals surface area contributed by atoms with Gasteiger partial charge in [0.2, 0.25) is 0 Å². The molecule has 1 aliphatic rings. The second kappa shape index (κ2) is 8.37. The Kier molecular flexibility index (Phi) is 5.72. The van der Waals surface area contributed by atoms with Gasteiger partial charge in [-0.1, -0.05) is 12.1 Å². The lowest BCUT2D eigenvalue weighted by molar-refractivity contribution is 0.0697. The minimum atomic E-state index is -1.04. The predicted octanol–water partition coefficient (Wildman–Crippen LogP) is 4.17. The maximum Gasteiger partial charge on any atom is 0.335 e. The first-order chi connectivity index (χ1) is 13.1. The maximum atomic E-state index is 11.2. The van der Waals surface area contributed by atoms with E-state index in [9.17, 15) is 10.1 Å². The number of hydrogen-bond acceptors (Lipinski definition) is 5. The predicted molar refractivity (Wildman–Crippen MR) is 101 cm³/mol. The second-order valence-electron chi connectivity index (χ2n) is 6.34. The van der Waals surface area contributed by atoms with E-state index < -0.39 is 5.97 Å². The molecule has 0 aliphatic heterocycles. The molecule has 0 bridgehead atoms. The van der Waals surface area contributed by atoms with Crippen molar-refractivity contribution in [2.45, 2.75) is 31.8 Å². The number of ether oxygens (including phenoxy) is 2. The highest BCUT2D eigenvalue weighted by molar-refractivity contribution is 5.93. The van der Waals surface area contributed by atoms with Crippen LogP contribution in [-0.4, -0.2) is 29.3 Å². The van der Waals surface area contributed by atoms with E-state index >= 15 is 0 Å². The highest BCUT2D eigenvalue weighted by Gasteiger charge is 2.19. The number of allylic oxidation sites excluding steroid dienone is 1. The number of benzene rings is 1. The van der Waals surface area contributed by atoms with Crippen LogP contribution < -0.4 is 9.47 Å². The number of nitrogens with zero attached hydrogens (tertiary/aromatic N) is 2. The van der Waals surface area contributed by atoms with Crippen LogP contribution in [0.5, 0.6) is 11.5 Å². The monoisotopic (exact) mass is 364 g/mol. The van der Waals surface area contributed by atoms with Crippen LogP contribution in [0.4, 0.5) is 0 Å². The average Bonchev–Trinajstić information content (AvgIpc) is 3.19. The van der Waals surface area contributed by atoms with Gasteiger partial charge >= 0.3 is 5.97 Å². The van der Waals surface area contributed by atoms with Crippen molar-refractivity contribution in [3.8, 4) is 17.6 Å². The van der Waals surface area contributed by atoms with Gasteiger partial charge in [0.15, 0.2) is 11.5 Å². The second-order valence-corrected chi connectivity index (χ2v) is 6.34. The number of hydrogen-bond donors (Lipinski definition) is 1. The number of aromatic nitrogens is 1. The summed E-state index contributed by atoms with van der Waals surface area (Å²) >= 11 is 0. The summed E-state index contributed by atoms with van der Waals surface area (Å²) in [5.41, 5.74) is 1.51. The van der Waals surface area contributed by atoms with E-state index in [1.165, 1.54) is 12.1 Å². The number of rotatable bonds is 6. The Morgan fingerprint density at radius 2 is 2.00 bits per heavy atom. The molecule has 1 saturated carbocycles. The third kappa shape index (κ3) is 4.45. The number of pyridine rings is 1. The van der Waals surface area contributed by atoms with E-state index in [0.29, 0.717) is 28.3 Å². The van der Waals surface area contributed by atoms with Crippen molar-refractivity contribution in [3.05, 3.63) is 53.3 Å². The van der Waals surface area contributed by atoms with Crippen LogP contribution in [-0.2, 0) is 0 Å². The molecule has 1 fully saturated rings. The lowest BCUT2D eigenvalue weighted by Crippen LogP contribution is -2.11. The minimum absolute atomic E-state index is 0.126. The summed E-state index contributed by atoms with van der Waals surface area (Å²) in [4.78, 5) is 15.5. The van der Waals surface area contributed by atoms with Gasteiger partial charge in [0.25, 0.3) is 0 Å². The van der Waals surface area contributed by atoms with Crippen molar-refractivity contribution in [2.75, 3.05) is 7.11 Å². The van der Waals surface area contributed by atoms with Gasteiger partial charge in [-0.05, 0) is 49.5 Å². The summed E-state index contributed by atoms with van der Waals surface area (Å²) in [5, 5.41) is 18.7. The number of carboxylic acid groups (broad SMARTS) is 1. The van der Waals surface area contributed by atoms with Crippen molar-refractivity contribution in [1.82, 2.24) is 4.98 Å². The van der Waals surface area contributed by atoms with Crippen molar-refractivity contribution in [1.29, 1.82) is 5.26 Å². The molecule has 0 spiro atoms. The normalized spacial score (nSPS) is 14.6. The molecule has 0 radical (unpaired) electrons. The number of carboxylic acids is 1. The van der Waals surface area contributed by atoms with Gasteiger partial charge in [0.05, 0.1) is 42.3 Å².